The zero-order valence-corrected chi connectivity index (χ0v) is 10.7. The van der Waals surface area contributed by atoms with E-state index >= 15 is 0 Å². The van der Waals surface area contributed by atoms with E-state index in [1.54, 1.807) is 6.33 Å². The lowest BCUT2D eigenvalue weighted by molar-refractivity contribution is 0.168. The van der Waals surface area contributed by atoms with Gasteiger partial charge in [-0.2, -0.15) is 0 Å². The van der Waals surface area contributed by atoms with E-state index in [1.165, 1.54) is 37.8 Å². The molecule has 1 atom stereocenters. The lowest BCUT2D eigenvalue weighted by Crippen LogP contribution is -2.46. The zero-order valence-electron chi connectivity index (χ0n) is 10.7. The van der Waals surface area contributed by atoms with Gasteiger partial charge in [0, 0.05) is 18.7 Å². The normalized spacial score (nSPS) is 24.9. The SMILES string of the molecule is N=C(N)N1CCc2[nH]cnc2C1C1CCCCC1. The molecule has 1 aromatic heterocycles. The van der Waals surface area contributed by atoms with Crippen molar-refractivity contribution in [3.63, 3.8) is 0 Å². The van der Waals surface area contributed by atoms with Gasteiger partial charge in [-0.3, -0.25) is 5.41 Å². The highest BCUT2D eigenvalue weighted by molar-refractivity contribution is 5.75. The van der Waals surface area contributed by atoms with Crippen molar-refractivity contribution in [1.82, 2.24) is 14.9 Å². The number of H-pyrrole nitrogens is 1. The van der Waals surface area contributed by atoms with Gasteiger partial charge in [-0.15, -0.1) is 0 Å². The standard InChI is InChI=1S/C13H21N5/c14-13(15)18-7-6-10-11(17-8-16-10)12(18)9-4-2-1-3-5-9/h8-9,12H,1-7H2,(H3,14,15)(H,16,17). The summed E-state index contributed by atoms with van der Waals surface area (Å²) in [5.41, 5.74) is 8.13. The summed E-state index contributed by atoms with van der Waals surface area (Å²) in [4.78, 5) is 9.77. The van der Waals surface area contributed by atoms with E-state index < -0.39 is 0 Å². The minimum Gasteiger partial charge on any atom is -0.370 e. The Balaban J connectivity index is 1.93. The van der Waals surface area contributed by atoms with Crippen molar-refractivity contribution in [2.24, 2.45) is 11.7 Å². The fraction of sp³-hybridized carbons (Fsp3) is 0.692. The van der Waals surface area contributed by atoms with E-state index in [9.17, 15) is 0 Å². The number of nitrogens with two attached hydrogens (primary N) is 1. The summed E-state index contributed by atoms with van der Waals surface area (Å²) in [6.07, 6.45) is 9.11. The lowest BCUT2D eigenvalue weighted by Gasteiger charge is -2.41. The molecule has 0 aromatic carbocycles. The highest BCUT2D eigenvalue weighted by Gasteiger charge is 2.36. The van der Waals surface area contributed by atoms with Crippen LogP contribution in [0.5, 0.6) is 0 Å². The molecular weight excluding hydrogens is 226 g/mol. The van der Waals surface area contributed by atoms with Crippen LogP contribution in [0.3, 0.4) is 0 Å². The third-order valence-corrected chi connectivity index (χ3v) is 4.38. The van der Waals surface area contributed by atoms with Crippen LogP contribution in [-0.2, 0) is 6.42 Å². The molecule has 3 rings (SSSR count). The van der Waals surface area contributed by atoms with Gasteiger partial charge in [0.25, 0.3) is 0 Å². The Morgan fingerprint density at radius 2 is 2.17 bits per heavy atom. The number of aromatic nitrogens is 2. The summed E-state index contributed by atoms with van der Waals surface area (Å²) in [6, 6.07) is 0.220. The van der Waals surface area contributed by atoms with Gasteiger partial charge in [-0.1, -0.05) is 19.3 Å². The third-order valence-electron chi connectivity index (χ3n) is 4.38. The molecule has 0 spiro atoms. The van der Waals surface area contributed by atoms with Gasteiger partial charge in [-0.05, 0) is 18.8 Å². The first-order valence-electron chi connectivity index (χ1n) is 6.90. The molecule has 0 amide bonds. The van der Waals surface area contributed by atoms with E-state index in [4.69, 9.17) is 11.1 Å². The number of fused-ring (bicyclic) bond motifs is 1. The minimum atomic E-state index is 0.194. The first-order valence-corrected chi connectivity index (χ1v) is 6.90. The predicted octanol–water partition coefficient (Wildman–Crippen LogP) is 1.78. The molecule has 1 aliphatic carbocycles. The van der Waals surface area contributed by atoms with Crippen LogP contribution in [0.1, 0.15) is 49.5 Å². The summed E-state index contributed by atoms with van der Waals surface area (Å²) >= 11 is 0. The number of aromatic amines is 1. The van der Waals surface area contributed by atoms with Gasteiger partial charge in [0.15, 0.2) is 5.96 Å². The Morgan fingerprint density at radius 1 is 1.39 bits per heavy atom. The van der Waals surface area contributed by atoms with Crippen molar-refractivity contribution < 1.29 is 0 Å². The average molecular weight is 247 g/mol. The van der Waals surface area contributed by atoms with Crippen LogP contribution >= 0.6 is 0 Å². The highest BCUT2D eigenvalue weighted by Crippen LogP contribution is 2.40. The molecule has 1 unspecified atom stereocenters. The molecule has 0 saturated heterocycles. The Labute approximate surface area is 107 Å². The molecule has 18 heavy (non-hydrogen) atoms. The van der Waals surface area contributed by atoms with Crippen LogP contribution in [0.25, 0.3) is 0 Å². The van der Waals surface area contributed by atoms with Gasteiger partial charge < -0.3 is 15.6 Å². The van der Waals surface area contributed by atoms with Crippen molar-refractivity contribution in [2.45, 2.75) is 44.6 Å². The van der Waals surface area contributed by atoms with E-state index in [0.717, 1.165) is 18.7 Å². The fourth-order valence-electron chi connectivity index (χ4n) is 3.50. The van der Waals surface area contributed by atoms with Crippen molar-refractivity contribution in [3.8, 4) is 0 Å². The number of nitrogens with zero attached hydrogens (tertiary/aromatic N) is 2. The summed E-state index contributed by atoms with van der Waals surface area (Å²) in [5.74, 6) is 0.796. The quantitative estimate of drug-likeness (QED) is 0.522. The smallest absolute Gasteiger partial charge is 0.188 e. The van der Waals surface area contributed by atoms with Crippen LogP contribution < -0.4 is 5.73 Å². The second-order valence-electron chi connectivity index (χ2n) is 5.44. The molecule has 0 radical (unpaired) electrons. The topological polar surface area (TPSA) is 81.8 Å². The zero-order chi connectivity index (χ0) is 12.5. The first kappa shape index (κ1) is 11.6. The van der Waals surface area contributed by atoms with Crippen molar-refractivity contribution in [1.29, 1.82) is 5.41 Å². The molecule has 5 heteroatoms. The van der Waals surface area contributed by atoms with E-state index in [0.29, 0.717) is 5.92 Å². The van der Waals surface area contributed by atoms with Crippen LogP contribution in [0.15, 0.2) is 6.33 Å². The highest BCUT2D eigenvalue weighted by atomic mass is 15.3. The molecule has 98 valence electrons. The second-order valence-corrected chi connectivity index (χ2v) is 5.44. The maximum absolute atomic E-state index is 7.80. The molecule has 2 heterocycles. The predicted molar refractivity (Wildman–Crippen MR) is 70.2 cm³/mol. The molecule has 1 aliphatic heterocycles. The Morgan fingerprint density at radius 3 is 2.89 bits per heavy atom. The fourth-order valence-corrected chi connectivity index (χ4v) is 3.50. The number of nitrogens with one attached hydrogen (secondary N) is 2. The van der Waals surface area contributed by atoms with E-state index in [2.05, 4.69) is 9.97 Å². The van der Waals surface area contributed by atoms with Gasteiger partial charge in [-0.25, -0.2) is 4.98 Å². The number of rotatable bonds is 1. The maximum Gasteiger partial charge on any atom is 0.188 e. The Hall–Kier alpha value is -1.52. The van der Waals surface area contributed by atoms with Crippen LogP contribution in [0.2, 0.25) is 0 Å². The Kier molecular flexibility index (Phi) is 2.97. The van der Waals surface area contributed by atoms with Crippen molar-refractivity contribution >= 4 is 5.96 Å². The van der Waals surface area contributed by atoms with Crippen molar-refractivity contribution in [3.05, 3.63) is 17.7 Å². The maximum atomic E-state index is 7.80. The van der Waals surface area contributed by atoms with Gasteiger partial charge in [0.05, 0.1) is 18.1 Å². The molecular formula is C13H21N5. The lowest BCUT2D eigenvalue weighted by atomic mass is 9.80. The van der Waals surface area contributed by atoms with Crippen LogP contribution in [0.4, 0.5) is 0 Å². The summed E-state index contributed by atoms with van der Waals surface area (Å²) in [5, 5.41) is 7.80. The van der Waals surface area contributed by atoms with Crippen molar-refractivity contribution in [2.75, 3.05) is 6.54 Å². The monoisotopic (exact) mass is 247 g/mol. The summed E-state index contributed by atoms with van der Waals surface area (Å²) in [6.45, 7) is 0.839. The molecule has 2 aliphatic rings. The number of hydrogen-bond acceptors (Lipinski definition) is 2. The first-order chi connectivity index (χ1) is 8.77. The Bertz CT molecular complexity index is 432. The average Bonchev–Trinajstić information content (AvgIpc) is 2.86. The summed E-state index contributed by atoms with van der Waals surface area (Å²) < 4.78 is 0. The van der Waals surface area contributed by atoms with E-state index in [-0.39, 0.29) is 12.0 Å². The minimum absolute atomic E-state index is 0.194. The molecule has 5 nitrogen and oxygen atoms in total. The van der Waals surface area contributed by atoms with Gasteiger partial charge >= 0.3 is 0 Å². The molecule has 4 N–H and O–H groups in total. The van der Waals surface area contributed by atoms with Gasteiger partial charge in [0.1, 0.15) is 0 Å². The van der Waals surface area contributed by atoms with Crippen LogP contribution in [0, 0.1) is 11.3 Å². The largest absolute Gasteiger partial charge is 0.370 e. The van der Waals surface area contributed by atoms with Gasteiger partial charge in [0.2, 0.25) is 0 Å². The van der Waals surface area contributed by atoms with E-state index in [1.807, 2.05) is 4.90 Å². The molecule has 0 bridgehead atoms. The number of imidazole rings is 1. The molecule has 1 aromatic rings. The second kappa shape index (κ2) is 4.63. The third kappa shape index (κ3) is 1.87. The number of hydrogen-bond donors (Lipinski definition) is 3. The molecule has 1 fully saturated rings. The molecule has 1 saturated carbocycles. The summed E-state index contributed by atoms with van der Waals surface area (Å²) in [7, 11) is 0. The number of guanidine groups is 1. The van der Waals surface area contributed by atoms with Crippen LogP contribution in [-0.4, -0.2) is 27.4 Å².